The molecule has 1 rings (SSSR count). The number of hydrogen-bond donors (Lipinski definition) is 3. The standard InChI is InChI=1S/C9H10N2O2S/c10-9(11)14-5-6-3-1-2-4-7(6)8(12)13/h1-4H,5H2,(H3,10,11)(H,12,13). The van der Waals surface area contributed by atoms with Crippen molar-refractivity contribution in [2.75, 3.05) is 0 Å². The van der Waals surface area contributed by atoms with Crippen LogP contribution in [0, 0.1) is 5.41 Å². The molecule has 0 saturated heterocycles. The van der Waals surface area contributed by atoms with Crippen molar-refractivity contribution in [1.82, 2.24) is 0 Å². The summed E-state index contributed by atoms with van der Waals surface area (Å²) in [6.07, 6.45) is 0. The molecule has 14 heavy (non-hydrogen) atoms. The van der Waals surface area contributed by atoms with Gasteiger partial charge in [-0.1, -0.05) is 30.0 Å². The number of rotatable bonds is 3. The van der Waals surface area contributed by atoms with Crippen molar-refractivity contribution in [1.29, 1.82) is 5.41 Å². The summed E-state index contributed by atoms with van der Waals surface area (Å²) in [6, 6.07) is 6.70. The van der Waals surface area contributed by atoms with Gasteiger partial charge in [0.1, 0.15) is 0 Å². The maximum atomic E-state index is 10.8. The number of thioether (sulfide) groups is 1. The third kappa shape index (κ3) is 2.77. The molecule has 0 bridgehead atoms. The topological polar surface area (TPSA) is 87.2 Å². The smallest absolute Gasteiger partial charge is 0.335 e. The summed E-state index contributed by atoms with van der Waals surface area (Å²) >= 11 is 1.11. The second-order valence-electron chi connectivity index (χ2n) is 2.62. The van der Waals surface area contributed by atoms with Gasteiger partial charge >= 0.3 is 5.97 Å². The summed E-state index contributed by atoms with van der Waals surface area (Å²) in [7, 11) is 0. The van der Waals surface area contributed by atoms with Gasteiger partial charge in [0.2, 0.25) is 0 Å². The van der Waals surface area contributed by atoms with Crippen molar-refractivity contribution in [3.63, 3.8) is 0 Å². The van der Waals surface area contributed by atoms with Crippen LogP contribution in [0.4, 0.5) is 0 Å². The van der Waals surface area contributed by atoms with E-state index < -0.39 is 5.97 Å². The monoisotopic (exact) mass is 210 g/mol. The zero-order chi connectivity index (χ0) is 10.6. The molecular weight excluding hydrogens is 200 g/mol. The van der Waals surface area contributed by atoms with Crippen molar-refractivity contribution in [2.45, 2.75) is 5.75 Å². The molecule has 0 aliphatic heterocycles. The summed E-state index contributed by atoms with van der Waals surface area (Å²) in [6.45, 7) is 0. The maximum absolute atomic E-state index is 10.8. The van der Waals surface area contributed by atoms with Crippen LogP contribution in [-0.4, -0.2) is 16.2 Å². The molecule has 0 aliphatic rings. The zero-order valence-electron chi connectivity index (χ0n) is 7.36. The molecule has 0 aromatic heterocycles. The van der Waals surface area contributed by atoms with E-state index in [9.17, 15) is 4.79 Å². The van der Waals surface area contributed by atoms with Crippen molar-refractivity contribution in [3.05, 3.63) is 35.4 Å². The lowest BCUT2D eigenvalue weighted by Crippen LogP contribution is -2.06. The molecule has 74 valence electrons. The SMILES string of the molecule is N=C(N)SCc1ccccc1C(=O)O. The van der Waals surface area contributed by atoms with Gasteiger partial charge in [0, 0.05) is 5.75 Å². The van der Waals surface area contributed by atoms with E-state index in [0.717, 1.165) is 11.8 Å². The summed E-state index contributed by atoms with van der Waals surface area (Å²) in [5.74, 6) is -0.539. The Balaban J connectivity index is 2.84. The van der Waals surface area contributed by atoms with Gasteiger partial charge in [-0.3, -0.25) is 5.41 Å². The Hall–Kier alpha value is -1.49. The Morgan fingerprint density at radius 3 is 2.71 bits per heavy atom. The first-order valence-electron chi connectivity index (χ1n) is 3.89. The first-order valence-corrected chi connectivity index (χ1v) is 4.88. The van der Waals surface area contributed by atoms with Gasteiger partial charge < -0.3 is 10.8 Å². The van der Waals surface area contributed by atoms with Gasteiger partial charge in [-0.2, -0.15) is 0 Å². The number of benzene rings is 1. The van der Waals surface area contributed by atoms with E-state index in [2.05, 4.69) is 0 Å². The molecule has 0 atom stereocenters. The highest BCUT2D eigenvalue weighted by molar-refractivity contribution is 8.13. The maximum Gasteiger partial charge on any atom is 0.335 e. The number of aromatic carboxylic acids is 1. The van der Waals surface area contributed by atoms with Crippen LogP contribution in [0.3, 0.4) is 0 Å². The predicted octanol–water partition coefficient (Wildman–Crippen LogP) is 1.51. The number of nitrogens with two attached hydrogens (primary N) is 1. The number of carbonyl (C=O) groups is 1. The number of amidine groups is 1. The van der Waals surface area contributed by atoms with Crippen molar-refractivity contribution in [2.24, 2.45) is 5.73 Å². The molecule has 5 heteroatoms. The van der Waals surface area contributed by atoms with Gasteiger partial charge in [0.15, 0.2) is 5.17 Å². The van der Waals surface area contributed by atoms with Crippen LogP contribution in [0.1, 0.15) is 15.9 Å². The number of carboxylic acid groups (broad SMARTS) is 1. The highest BCUT2D eigenvalue weighted by Crippen LogP contribution is 2.15. The average molecular weight is 210 g/mol. The second-order valence-corrected chi connectivity index (χ2v) is 3.63. The van der Waals surface area contributed by atoms with Crippen molar-refractivity contribution >= 4 is 22.9 Å². The van der Waals surface area contributed by atoms with E-state index >= 15 is 0 Å². The average Bonchev–Trinajstić information content (AvgIpc) is 2.15. The molecule has 0 unspecified atom stereocenters. The quantitative estimate of drug-likeness (QED) is 0.521. The van der Waals surface area contributed by atoms with E-state index in [1.165, 1.54) is 0 Å². The van der Waals surface area contributed by atoms with Crippen LogP contribution in [0.15, 0.2) is 24.3 Å². The number of carboxylic acids is 1. The molecular formula is C9H10N2O2S. The zero-order valence-corrected chi connectivity index (χ0v) is 8.17. The van der Waals surface area contributed by atoms with Crippen molar-refractivity contribution < 1.29 is 9.90 Å². The molecule has 4 N–H and O–H groups in total. The van der Waals surface area contributed by atoms with Crippen LogP contribution >= 0.6 is 11.8 Å². The normalized spacial score (nSPS) is 9.71. The highest BCUT2D eigenvalue weighted by Gasteiger charge is 2.08. The lowest BCUT2D eigenvalue weighted by Gasteiger charge is -2.03. The van der Waals surface area contributed by atoms with E-state index in [0.29, 0.717) is 11.3 Å². The van der Waals surface area contributed by atoms with E-state index in [1.54, 1.807) is 24.3 Å². The van der Waals surface area contributed by atoms with Gasteiger partial charge in [-0.15, -0.1) is 0 Å². The second kappa shape index (κ2) is 4.66. The molecule has 0 aliphatic carbocycles. The Morgan fingerprint density at radius 1 is 1.50 bits per heavy atom. The van der Waals surface area contributed by atoms with Gasteiger partial charge in [0.05, 0.1) is 5.56 Å². The minimum absolute atomic E-state index is 0.00908. The third-order valence-electron chi connectivity index (χ3n) is 1.63. The minimum atomic E-state index is -0.954. The fraction of sp³-hybridized carbons (Fsp3) is 0.111. The highest BCUT2D eigenvalue weighted by atomic mass is 32.2. The molecule has 4 nitrogen and oxygen atoms in total. The number of nitrogens with one attached hydrogen (secondary N) is 1. The van der Waals surface area contributed by atoms with Crippen LogP contribution in [0.25, 0.3) is 0 Å². The Bertz CT molecular complexity index is 366. The summed E-state index contributed by atoms with van der Waals surface area (Å²) in [5.41, 5.74) is 6.11. The van der Waals surface area contributed by atoms with E-state index in [1.807, 2.05) is 0 Å². The molecule has 0 heterocycles. The Morgan fingerprint density at radius 2 is 2.14 bits per heavy atom. The fourth-order valence-corrected chi connectivity index (χ4v) is 1.57. The van der Waals surface area contributed by atoms with Crippen LogP contribution in [0.5, 0.6) is 0 Å². The lowest BCUT2D eigenvalue weighted by molar-refractivity contribution is 0.0696. The fourth-order valence-electron chi connectivity index (χ4n) is 1.01. The Labute approximate surface area is 85.6 Å². The van der Waals surface area contributed by atoms with Crippen molar-refractivity contribution in [3.8, 4) is 0 Å². The third-order valence-corrected chi connectivity index (χ3v) is 2.40. The van der Waals surface area contributed by atoms with Gasteiger partial charge in [-0.25, -0.2) is 4.79 Å². The van der Waals surface area contributed by atoms with Gasteiger partial charge in [-0.05, 0) is 11.6 Å². The molecule has 0 fully saturated rings. The molecule has 0 radical (unpaired) electrons. The van der Waals surface area contributed by atoms with Crippen LogP contribution < -0.4 is 5.73 Å². The summed E-state index contributed by atoms with van der Waals surface area (Å²) in [4.78, 5) is 10.8. The molecule has 0 saturated carbocycles. The molecule has 0 spiro atoms. The molecule has 0 amide bonds. The van der Waals surface area contributed by atoms with E-state index in [4.69, 9.17) is 16.2 Å². The lowest BCUT2D eigenvalue weighted by atomic mass is 10.1. The summed E-state index contributed by atoms with van der Waals surface area (Å²) in [5, 5.41) is 15.8. The van der Waals surface area contributed by atoms with Gasteiger partial charge in [0.25, 0.3) is 0 Å². The number of hydrogen-bond acceptors (Lipinski definition) is 3. The first kappa shape index (κ1) is 10.6. The predicted molar refractivity (Wildman–Crippen MR) is 56.6 cm³/mol. The largest absolute Gasteiger partial charge is 0.478 e. The van der Waals surface area contributed by atoms with Crippen LogP contribution in [0.2, 0.25) is 0 Å². The van der Waals surface area contributed by atoms with E-state index in [-0.39, 0.29) is 10.7 Å². The van der Waals surface area contributed by atoms with Crippen LogP contribution in [-0.2, 0) is 5.75 Å². The Kier molecular flexibility index (Phi) is 3.53. The summed E-state index contributed by atoms with van der Waals surface area (Å²) < 4.78 is 0. The first-order chi connectivity index (χ1) is 6.61. The minimum Gasteiger partial charge on any atom is -0.478 e. The molecule has 1 aromatic carbocycles. The molecule has 1 aromatic rings.